The van der Waals surface area contributed by atoms with Gasteiger partial charge < -0.3 is 19.7 Å². The maximum absolute atomic E-state index is 10.6. The number of aliphatic hydroxyl groups is 1. The molecular weight excluding hydrogens is 296 g/mol. The van der Waals surface area contributed by atoms with Crippen LogP contribution in [0.25, 0.3) is 11.3 Å². The summed E-state index contributed by atoms with van der Waals surface area (Å²) < 4.78 is 10.8. The first-order chi connectivity index (χ1) is 11.1. The lowest BCUT2D eigenvalue weighted by atomic mass is 10.1. The third-order valence-corrected chi connectivity index (χ3v) is 3.75. The highest BCUT2D eigenvalue weighted by molar-refractivity contribution is 5.57. The molecule has 0 aliphatic carbocycles. The average Bonchev–Trinajstić information content (AvgIpc) is 2.89. The standard InChI is InChI=1S/C16H22N4O3/c1-20(11-16(21)10-18-5-6-22-12-16)9-14-7-15(19-23-14)13-3-2-4-17-8-13/h2-4,7-8,18,21H,5-6,9-12H2,1H3/t16-/m0/s1. The number of hydrogen-bond donors (Lipinski definition) is 2. The molecule has 1 fully saturated rings. The van der Waals surface area contributed by atoms with Gasteiger partial charge in [-0.15, -0.1) is 0 Å². The fourth-order valence-corrected chi connectivity index (χ4v) is 2.74. The number of nitrogens with one attached hydrogen (secondary N) is 1. The normalized spacial score (nSPS) is 22.2. The molecule has 7 heteroatoms. The van der Waals surface area contributed by atoms with Crippen LogP contribution in [0.1, 0.15) is 5.76 Å². The van der Waals surface area contributed by atoms with Gasteiger partial charge in [-0.3, -0.25) is 9.88 Å². The lowest BCUT2D eigenvalue weighted by Crippen LogP contribution is -2.50. The van der Waals surface area contributed by atoms with Crippen LogP contribution in [0, 0.1) is 0 Å². The minimum absolute atomic E-state index is 0.335. The van der Waals surface area contributed by atoms with Gasteiger partial charge in [-0.2, -0.15) is 0 Å². The summed E-state index contributed by atoms with van der Waals surface area (Å²) in [5.74, 6) is 0.748. The van der Waals surface area contributed by atoms with Gasteiger partial charge in [-0.05, 0) is 19.2 Å². The van der Waals surface area contributed by atoms with E-state index in [9.17, 15) is 5.11 Å². The number of likely N-dealkylation sites (N-methyl/N-ethyl adjacent to an activating group) is 1. The summed E-state index contributed by atoms with van der Waals surface area (Å²) in [6.45, 7) is 3.31. The average molecular weight is 318 g/mol. The van der Waals surface area contributed by atoms with Crippen molar-refractivity contribution in [3.63, 3.8) is 0 Å². The number of pyridine rings is 1. The minimum atomic E-state index is -0.891. The molecular formula is C16H22N4O3. The topological polar surface area (TPSA) is 83.7 Å². The van der Waals surface area contributed by atoms with Gasteiger partial charge >= 0.3 is 0 Å². The van der Waals surface area contributed by atoms with Crippen LogP contribution in [0.5, 0.6) is 0 Å². The van der Waals surface area contributed by atoms with Crippen LogP contribution in [0.3, 0.4) is 0 Å². The second-order valence-corrected chi connectivity index (χ2v) is 6.05. The monoisotopic (exact) mass is 318 g/mol. The Morgan fingerprint density at radius 2 is 2.39 bits per heavy atom. The zero-order valence-electron chi connectivity index (χ0n) is 13.2. The van der Waals surface area contributed by atoms with Gasteiger partial charge in [0.05, 0.1) is 19.8 Å². The van der Waals surface area contributed by atoms with Crippen LogP contribution in [-0.4, -0.2) is 65.6 Å². The Kier molecular flexibility index (Phi) is 5.02. The Labute approximate surface area is 135 Å². The van der Waals surface area contributed by atoms with Crippen molar-refractivity contribution in [2.45, 2.75) is 12.1 Å². The maximum atomic E-state index is 10.6. The smallest absolute Gasteiger partial charge is 0.151 e. The maximum Gasteiger partial charge on any atom is 0.151 e. The molecule has 0 radical (unpaired) electrons. The molecule has 0 aromatic carbocycles. The molecule has 2 aromatic heterocycles. The molecule has 0 spiro atoms. The molecule has 1 saturated heterocycles. The van der Waals surface area contributed by atoms with E-state index in [0.717, 1.165) is 23.6 Å². The van der Waals surface area contributed by atoms with Crippen LogP contribution < -0.4 is 5.32 Å². The minimum Gasteiger partial charge on any atom is -0.385 e. The van der Waals surface area contributed by atoms with Crippen molar-refractivity contribution < 1.29 is 14.4 Å². The van der Waals surface area contributed by atoms with Crippen LogP contribution in [0.15, 0.2) is 35.1 Å². The number of hydrogen-bond acceptors (Lipinski definition) is 7. The van der Waals surface area contributed by atoms with E-state index >= 15 is 0 Å². The molecule has 1 atom stereocenters. The van der Waals surface area contributed by atoms with Crippen molar-refractivity contribution in [2.24, 2.45) is 0 Å². The molecule has 0 unspecified atom stereocenters. The Balaban J connectivity index is 1.60. The highest BCUT2D eigenvalue weighted by atomic mass is 16.5. The zero-order chi connectivity index (χ0) is 16.1. The van der Waals surface area contributed by atoms with Crippen molar-refractivity contribution in [3.8, 4) is 11.3 Å². The molecule has 0 amide bonds. The third kappa shape index (κ3) is 4.35. The molecule has 124 valence electrons. The van der Waals surface area contributed by atoms with E-state index in [0.29, 0.717) is 32.8 Å². The third-order valence-electron chi connectivity index (χ3n) is 3.75. The molecule has 0 saturated carbocycles. The van der Waals surface area contributed by atoms with Crippen LogP contribution in [0.4, 0.5) is 0 Å². The largest absolute Gasteiger partial charge is 0.385 e. The van der Waals surface area contributed by atoms with Crippen LogP contribution >= 0.6 is 0 Å². The molecule has 7 nitrogen and oxygen atoms in total. The van der Waals surface area contributed by atoms with Gasteiger partial charge in [0.2, 0.25) is 0 Å². The SMILES string of the molecule is CN(Cc1cc(-c2cccnc2)no1)C[C@@]1(O)CNCCOC1. The summed E-state index contributed by atoms with van der Waals surface area (Å²) in [5, 5.41) is 17.9. The number of ether oxygens (including phenoxy) is 1. The van der Waals surface area contributed by atoms with Crippen molar-refractivity contribution in [2.75, 3.05) is 39.9 Å². The Morgan fingerprint density at radius 3 is 3.22 bits per heavy atom. The highest BCUT2D eigenvalue weighted by Crippen LogP contribution is 2.19. The van der Waals surface area contributed by atoms with Gasteiger partial charge in [0.1, 0.15) is 11.3 Å². The van der Waals surface area contributed by atoms with Gasteiger partial charge in [-0.1, -0.05) is 5.16 Å². The quantitative estimate of drug-likeness (QED) is 0.831. The van der Waals surface area contributed by atoms with Gasteiger partial charge in [-0.25, -0.2) is 0 Å². The first-order valence-corrected chi connectivity index (χ1v) is 7.70. The first-order valence-electron chi connectivity index (χ1n) is 7.70. The second-order valence-electron chi connectivity index (χ2n) is 6.05. The Hall–Kier alpha value is -1.80. The summed E-state index contributed by atoms with van der Waals surface area (Å²) in [4.78, 5) is 6.08. The summed E-state index contributed by atoms with van der Waals surface area (Å²) in [5.41, 5.74) is 0.794. The lowest BCUT2D eigenvalue weighted by Gasteiger charge is -2.30. The van der Waals surface area contributed by atoms with Gasteiger partial charge in [0, 0.05) is 43.7 Å². The second kappa shape index (κ2) is 7.18. The van der Waals surface area contributed by atoms with E-state index in [-0.39, 0.29) is 0 Å². The summed E-state index contributed by atoms with van der Waals surface area (Å²) >= 11 is 0. The Bertz CT molecular complexity index is 609. The lowest BCUT2D eigenvalue weighted by molar-refractivity contribution is -0.0469. The molecule has 2 aromatic rings. The molecule has 2 N–H and O–H groups in total. The summed E-state index contributed by atoms with van der Waals surface area (Å²) in [6, 6.07) is 5.71. The van der Waals surface area contributed by atoms with Crippen molar-refractivity contribution in [1.82, 2.24) is 20.4 Å². The number of β-amino-alcohol motifs (C(OH)–C–C–N with tert-alkyl or cyclic N) is 1. The van der Waals surface area contributed by atoms with Crippen molar-refractivity contribution >= 4 is 0 Å². The highest BCUT2D eigenvalue weighted by Gasteiger charge is 2.30. The van der Waals surface area contributed by atoms with Crippen molar-refractivity contribution in [1.29, 1.82) is 0 Å². The Morgan fingerprint density at radius 1 is 1.48 bits per heavy atom. The predicted octanol–water partition coefficient (Wildman–Crippen LogP) is 0.519. The van der Waals surface area contributed by atoms with Crippen molar-refractivity contribution in [3.05, 3.63) is 36.4 Å². The predicted molar refractivity (Wildman–Crippen MR) is 84.7 cm³/mol. The number of aromatic nitrogens is 2. The summed E-state index contributed by atoms with van der Waals surface area (Å²) in [7, 11) is 1.94. The van der Waals surface area contributed by atoms with E-state index in [2.05, 4.69) is 15.5 Å². The summed E-state index contributed by atoms with van der Waals surface area (Å²) in [6.07, 6.45) is 3.48. The van der Waals surface area contributed by atoms with Gasteiger partial charge in [0.25, 0.3) is 0 Å². The molecule has 3 rings (SSSR count). The van der Waals surface area contributed by atoms with E-state index in [1.165, 1.54) is 0 Å². The first kappa shape index (κ1) is 16.1. The van der Waals surface area contributed by atoms with E-state index < -0.39 is 5.60 Å². The molecule has 1 aliphatic rings. The zero-order valence-corrected chi connectivity index (χ0v) is 13.2. The van der Waals surface area contributed by atoms with Crippen LogP contribution in [0.2, 0.25) is 0 Å². The molecule has 1 aliphatic heterocycles. The molecule has 23 heavy (non-hydrogen) atoms. The van der Waals surface area contributed by atoms with E-state index in [4.69, 9.17) is 9.26 Å². The fourth-order valence-electron chi connectivity index (χ4n) is 2.74. The number of nitrogens with zero attached hydrogens (tertiary/aromatic N) is 3. The molecule has 0 bridgehead atoms. The van der Waals surface area contributed by atoms with E-state index in [1.807, 2.05) is 30.1 Å². The molecule has 3 heterocycles. The van der Waals surface area contributed by atoms with E-state index in [1.54, 1.807) is 12.4 Å². The fraction of sp³-hybridized carbons (Fsp3) is 0.500. The number of rotatable bonds is 5. The van der Waals surface area contributed by atoms with Gasteiger partial charge in [0.15, 0.2) is 5.76 Å². The van der Waals surface area contributed by atoms with Crippen LogP contribution in [-0.2, 0) is 11.3 Å².